The van der Waals surface area contributed by atoms with Crippen LogP contribution in [0.3, 0.4) is 0 Å². The number of alkyl halides is 6. The van der Waals surface area contributed by atoms with Gasteiger partial charge in [-0.1, -0.05) is 24.3 Å². The third kappa shape index (κ3) is 4.40. The van der Waals surface area contributed by atoms with Crippen molar-refractivity contribution in [3.63, 3.8) is 0 Å². The Bertz CT molecular complexity index is 1200. The zero-order valence-corrected chi connectivity index (χ0v) is 19.4. The summed E-state index contributed by atoms with van der Waals surface area (Å²) in [6.45, 7) is 1.27. The normalized spacial score (nSPS) is 19.4. The predicted octanol–water partition coefficient (Wildman–Crippen LogP) is 4.24. The summed E-state index contributed by atoms with van der Waals surface area (Å²) in [5.41, 5.74) is -6.95. The zero-order chi connectivity index (χ0) is 27.2. The van der Waals surface area contributed by atoms with E-state index in [1.807, 2.05) is 0 Å². The monoisotopic (exact) mass is 542 g/mol. The maximum atomic E-state index is 13.7. The summed E-state index contributed by atoms with van der Waals surface area (Å²) in [7, 11) is -4.45. The van der Waals surface area contributed by atoms with Crippen molar-refractivity contribution >= 4 is 15.9 Å². The second-order valence-corrected chi connectivity index (χ2v) is 10.5. The minimum Gasteiger partial charge on any atom is -0.369 e. The van der Waals surface area contributed by atoms with Crippen LogP contribution in [0.2, 0.25) is 0 Å². The van der Waals surface area contributed by atoms with Crippen molar-refractivity contribution in [3.8, 4) is 0 Å². The second-order valence-electron chi connectivity index (χ2n) is 8.24. The SMILES string of the molecule is CCNC(=O)N1CCC(c2ccc(C(O)(C(F)(F)F)C(F)(F)F)cc2)(S(=O)(=O)c2ccc(F)cc2)C1. The first-order chi connectivity index (χ1) is 16.5. The van der Waals surface area contributed by atoms with Crippen LogP contribution in [-0.2, 0) is 20.2 Å². The van der Waals surface area contributed by atoms with E-state index in [1.54, 1.807) is 6.92 Å². The van der Waals surface area contributed by atoms with E-state index >= 15 is 0 Å². The lowest BCUT2D eigenvalue weighted by Gasteiger charge is -2.34. The Hall–Kier alpha value is -2.87. The molecule has 1 unspecified atom stereocenters. The summed E-state index contributed by atoms with van der Waals surface area (Å²) >= 11 is 0. The number of benzene rings is 2. The molecule has 1 atom stereocenters. The molecule has 1 saturated heterocycles. The topological polar surface area (TPSA) is 86.7 Å². The molecule has 0 bridgehead atoms. The highest BCUT2D eigenvalue weighted by Crippen LogP contribution is 2.51. The molecule has 1 fully saturated rings. The number of likely N-dealkylation sites (tertiary alicyclic amines) is 1. The van der Waals surface area contributed by atoms with Crippen LogP contribution in [-0.4, -0.2) is 56.4 Å². The number of hydrogen-bond acceptors (Lipinski definition) is 4. The van der Waals surface area contributed by atoms with Crippen molar-refractivity contribution in [2.45, 2.75) is 40.9 Å². The first kappa shape index (κ1) is 27.7. The molecular weight excluding hydrogens is 521 g/mol. The number of nitrogens with zero attached hydrogens (tertiary/aromatic N) is 1. The quantitative estimate of drug-likeness (QED) is 0.437. The molecule has 2 N–H and O–H groups in total. The van der Waals surface area contributed by atoms with Gasteiger partial charge in [0.05, 0.1) is 4.90 Å². The van der Waals surface area contributed by atoms with Crippen molar-refractivity contribution in [3.05, 3.63) is 65.5 Å². The summed E-state index contributed by atoms with van der Waals surface area (Å²) < 4.78 is 118. The zero-order valence-electron chi connectivity index (χ0n) is 18.6. The van der Waals surface area contributed by atoms with Crippen molar-refractivity contribution in [2.75, 3.05) is 19.6 Å². The van der Waals surface area contributed by atoms with Gasteiger partial charge >= 0.3 is 18.4 Å². The van der Waals surface area contributed by atoms with Gasteiger partial charge in [0, 0.05) is 25.2 Å². The Labute approximate surface area is 201 Å². The van der Waals surface area contributed by atoms with Crippen molar-refractivity contribution < 1.29 is 49.1 Å². The highest BCUT2D eigenvalue weighted by atomic mass is 32.2. The highest BCUT2D eigenvalue weighted by Gasteiger charge is 2.71. The van der Waals surface area contributed by atoms with E-state index in [-0.39, 0.29) is 30.0 Å². The van der Waals surface area contributed by atoms with Gasteiger partial charge in [-0.3, -0.25) is 0 Å². The predicted molar refractivity (Wildman–Crippen MR) is 113 cm³/mol. The summed E-state index contributed by atoms with van der Waals surface area (Å²) in [6.07, 6.45) is -12.5. The van der Waals surface area contributed by atoms with E-state index in [2.05, 4.69) is 5.32 Å². The molecule has 198 valence electrons. The van der Waals surface area contributed by atoms with E-state index in [0.29, 0.717) is 12.1 Å². The maximum absolute atomic E-state index is 13.7. The van der Waals surface area contributed by atoms with Crippen molar-refractivity contribution in [2.24, 2.45) is 0 Å². The van der Waals surface area contributed by atoms with Gasteiger partial charge in [-0.2, -0.15) is 26.3 Å². The number of carbonyl (C=O) groups is 1. The Balaban J connectivity index is 2.16. The summed E-state index contributed by atoms with van der Waals surface area (Å²) in [6, 6.07) is 5.30. The lowest BCUT2D eigenvalue weighted by atomic mass is 9.89. The second kappa shape index (κ2) is 9.21. The fraction of sp³-hybridized carbons (Fsp3) is 0.409. The van der Waals surface area contributed by atoms with Crippen molar-refractivity contribution in [1.82, 2.24) is 10.2 Å². The number of hydrogen-bond donors (Lipinski definition) is 2. The molecule has 36 heavy (non-hydrogen) atoms. The van der Waals surface area contributed by atoms with E-state index in [9.17, 15) is 49.1 Å². The van der Waals surface area contributed by atoms with Crippen LogP contribution in [0.4, 0.5) is 35.5 Å². The highest BCUT2D eigenvalue weighted by molar-refractivity contribution is 7.92. The molecule has 0 aromatic heterocycles. The average molecular weight is 542 g/mol. The molecule has 1 aliphatic heterocycles. The fourth-order valence-electron chi connectivity index (χ4n) is 4.17. The van der Waals surface area contributed by atoms with Crippen LogP contribution in [0.5, 0.6) is 0 Å². The number of nitrogens with one attached hydrogen (secondary N) is 1. The first-order valence-electron chi connectivity index (χ1n) is 10.5. The molecule has 3 rings (SSSR count). The van der Waals surface area contributed by atoms with Crippen LogP contribution in [0.25, 0.3) is 0 Å². The van der Waals surface area contributed by atoms with E-state index < -0.39 is 56.5 Å². The van der Waals surface area contributed by atoms with Crippen LogP contribution >= 0.6 is 0 Å². The Morgan fingerprint density at radius 3 is 2.00 bits per heavy atom. The standard InChI is InChI=1S/C22H21F7N2O4S/c1-2-30-18(32)31-12-11-19(13-31,36(34,35)17-9-7-16(23)8-10-17)14-3-5-15(6-4-14)20(33,21(24,25)26)22(27,28)29/h3-10,33H,2,11-13H2,1H3,(H,30,32). The number of rotatable bonds is 5. The first-order valence-corrected chi connectivity index (χ1v) is 12.0. The maximum Gasteiger partial charge on any atom is 0.430 e. The molecule has 2 amide bonds. The molecule has 2 aromatic rings. The van der Waals surface area contributed by atoms with Gasteiger partial charge in [0.1, 0.15) is 10.6 Å². The van der Waals surface area contributed by atoms with E-state index in [4.69, 9.17) is 0 Å². The molecule has 1 heterocycles. The fourth-order valence-corrected chi connectivity index (χ4v) is 6.25. The molecule has 0 saturated carbocycles. The number of aliphatic hydroxyl groups is 1. The minimum absolute atomic E-state index is 0.0942. The van der Waals surface area contributed by atoms with Gasteiger partial charge < -0.3 is 15.3 Å². The smallest absolute Gasteiger partial charge is 0.369 e. The van der Waals surface area contributed by atoms with Gasteiger partial charge in [-0.15, -0.1) is 0 Å². The van der Waals surface area contributed by atoms with Gasteiger partial charge in [0.2, 0.25) is 0 Å². The Morgan fingerprint density at radius 2 is 1.53 bits per heavy atom. The molecule has 0 aliphatic carbocycles. The lowest BCUT2D eigenvalue weighted by Crippen LogP contribution is -2.54. The lowest BCUT2D eigenvalue weighted by molar-refractivity contribution is -0.376. The van der Waals surface area contributed by atoms with Crippen LogP contribution in [0, 0.1) is 5.82 Å². The van der Waals surface area contributed by atoms with Crippen LogP contribution < -0.4 is 5.32 Å². The number of carbonyl (C=O) groups excluding carboxylic acids is 1. The summed E-state index contributed by atoms with van der Waals surface area (Å²) in [4.78, 5) is 13.2. The van der Waals surface area contributed by atoms with Gasteiger partial charge in [0.15, 0.2) is 9.84 Å². The molecule has 6 nitrogen and oxygen atoms in total. The van der Waals surface area contributed by atoms with Gasteiger partial charge in [-0.05, 0) is 43.2 Å². The largest absolute Gasteiger partial charge is 0.430 e. The number of halogens is 7. The van der Waals surface area contributed by atoms with Crippen LogP contribution in [0.15, 0.2) is 53.4 Å². The van der Waals surface area contributed by atoms with E-state index in [1.165, 1.54) is 0 Å². The third-order valence-electron chi connectivity index (χ3n) is 6.13. The van der Waals surface area contributed by atoms with E-state index in [0.717, 1.165) is 41.3 Å². The molecule has 2 aromatic carbocycles. The number of sulfone groups is 1. The summed E-state index contributed by atoms with van der Waals surface area (Å²) in [5, 5.41) is 12.1. The number of amides is 2. The van der Waals surface area contributed by atoms with Gasteiger partial charge in [0.25, 0.3) is 5.60 Å². The van der Waals surface area contributed by atoms with Gasteiger partial charge in [-0.25, -0.2) is 17.6 Å². The Kier molecular flexibility index (Phi) is 7.09. The Morgan fingerprint density at radius 1 is 1.00 bits per heavy atom. The van der Waals surface area contributed by atoms with Crippen molar-refractivity contribution in [1.29, 1.82) is 0 Å². The molecule has 1 aliphatic rings. The number of urea groups is 1. The average Bonchev–Trinajstić information content (AvgIpc) is 3.25. The molecule has 0 radical (unpaired) electrons. The summed E-state index contributed by atoms with van der Waals surface area (Å²) in [5.74, 6) is -0.735. The molecule has 0 spiro atoms. The van der Waals surface area contributed by atoms with Crippen LogP contribution in [0.1, 0.15) is 24.5 Å². The molecule has 14 heteroatoms. The minimum atomic E-state index is -6.12. The third-order valence-corrected chi connectivity index (χ3v) is 8.63. The molecular formula is C22H21F7N2O4S.